The lowest BCUT2D eigenvalue weighted by Gasteiger charge is -2.19. The Hall–Kier alpha value is -1.17. The number of unbranched alkanes of at least 4 members (excludes halogenated alkanes) is 1. The Kier molecular flexibility index (Phi) is 11.0. The molecule has 6 heteroatoms. The summed E-state index contributed by atoms with van der Waals surface area (Å²) in [7, 11) is 0. The average molecular weight is 292 g/mol. The van der Waals surface area contributed by atoms with Crippen molar-refractivity contribution < 1.29 is 28.2 Å². The van der Waals surface area contributed by atoms with E-state index in [1.807, 2.05) is 6.92 Å². The van der Waals surface area contributed by atoms with Crippen molar-refractivity contribution in [1.82, 2.24) is 0 Å². The number of hydrogen-bond acceptors (Lipinski definition) is 5. The number of rotatable bonds is 11. The van der Waals surface area contributed by atoms with Gasteiger partial charge in [-0.2, -0.15) is 0 Å². The molecule has 0 saturated heterocycles. The zero-order valence-corrected chi connectivity index (χ0v) is 12.5. The first kappa shape index (κ1) is 18.8. The smallest absolute Gasteiger partial charge is 0.341 e. The highest BCUT2D eigenvalue weighted by Crippen LogP contribution is 2.16. The van der Waals surface area contributed by atoms with E-state index in [0.29, 0.717) is 6.61 Å². The summed E-state index contributed by atoms with van der Waals surface area (Å²) < 4.78 is 28.7. The number of carbonyl (C=O) groups excluding carboxylic acids is 2. The van der Waals surface area contributed by atoms with Crippen LogP contribution < -0.4 is 0 Å². The minimum atomic E-state index is -1.87. The lowest BCUT2D eigenvalue weighted by atomic mass is 10.0. The van der Waals surface area contributed by atoms with Gasteiger partial charge in [-0.05, 0) is 20.3 Å². The Bertz CT molecular complexity index is 283. The van der Waals surface area contributed by atoms with Crippen LogP contribution >= 0.6 is 0 Å². The SMILES string of the molecule is CCCCOCC(CC(=O)OCC)C(F)C(=O)OCC. The summed E-state index contributed by atoms with van der Waals surface area (Å²) in [5.74, 6) is -2.37. The van der Waals surface area contributed by atoms with Crippen LogP contribution in [-0.2, 0) is 23.8 Å². The fourth-order valence-electron chi connectivity index (χ4n) is 1.58. The molecular formula is C14H25FO5. The number of alkyl halides is 1. The summed E-state index contributed by atoms with van der Waals surface area (Å²) in [4.78, 5) is 22.8. The van der Waals surface area contributed by atoms with E-state index in [9.17, 15) is 14.0 Å². The highest BCUT2D eigenvalue weighted by atomic mass is 19.1. The van der Waals surface area contributed by atoms with Gasteiger partial charge in [0, 0.05) is 12.5 Å². The first-order valence-electron chi connectivity index (χ1n) is 7.10. The number of carbonyl (C=O) groups is 2. The summed E-state index contributed by atoms with van der Waals surface area (Å²) in [6.45, 7) is 6.08. The highest BCUT2D eigenvalue weighted by Gasteiger charge is 2.32. The van der Waals surface area contributed by atoms with E-state index in [4.69, 9.17) is 9.47 Å². The molecule has 0 aliphatic carbocycles. The Labute approximate surface area is 119 Å². The van der Waals surface area contributed by atoms with Gasteiger partial charge < -0.3 is 14.2 Å². The highest BCUT2D eigenvalue weighted by molar-refractivity contribution is 5.77. The number of halogens is 1. The molecular weight excluding hydrogens is 267 g/mol. The maximum absolute atomic E-state index is 14.0. The summed E-state index contributed by atoms with van der Waals surface area (Å²) >= 11 is 0. The van der Waals surface area contributed by atoms with Crippen molar-refractivity contribution in [1.29, 1.82) is 0 Å². The lowest BCUT2D eigenvalue weighted by molar-refractivity contribution is -0.154. The zero-order valence-electron chi connectivity index (χ0n) is 12.5. The van der Waals surface area contributed by atoms with Crippen molar-refractivity contribution in [3.05, 3.63) is 0 Å². The first-order valence-corrected chi connectivity index (χ1v) is 7.10. The van der Waals surface area contributed by atoms with Gasteiger partial charge in [0.25, 0.3) is 0 Å². The molecule has 0 aliphatic rings. The second-order valence-electron chi connectivity index (χ2n) is 4.35. The van der Waals surface area contributed by atoms with Crippen molar-refractivity contribution in [2.75, 3.05) is 26.4 Å². The van der Waals surface area contributed by atoms with Crippen LogP contribution in [0, 0.1) is 5.92 Å². The van der Waals surface area contributed by atoms with E-state index >= 15 is 0 Å². The molecule has 0 spiro atoms. The monoisotopic (exact) mass is 292 g/mol. The number of hydrogen-bond donors (Lipinski definition) is 0. The minimum Gasteiger partial charge on any atom is -0.466 e. The summed E-state index contributed by atoms with van der Waals surface area (Å²) in [5.41, 5.74) is 0. The molecule has 0 rings (SSSR count). The van der Waals surface area contributed by atoms with Crippen molar-refractivity contribution in [2.45, 2.75) is 46.2 Å². The van der Waals surface area contributed by atoms with Crippen molar-refractivity contribution >= 4 is 11.9 Å². The van der Waals surface area contributed by atoms with Gasteiger partial charge in [-0.15, -0.1) is 0 Å². The first-order chi connectivity index (χ1) is 9.56. The third-order valence-electron chi connectivity index (χ3n) is 2.63. The van der Waals surface area contributed by atoms with Crippen LogP contribution in [0.3, 0.4) is 0 Å². The molecule has 0 amide bonds. The van der Waals surface area contributed by atoms with Gasteiger partial charge >= 0.3 is 11.9 Å². The molecule has 0 heterocycles. The zero-order chi connectivity index (χ0) is 15.4. The van der Waals surface area contributed by atoms with E-state index in [2.05, 4.69) is 4.74 Å². The van der Waals surface area contributed by atoms with Gasteiger partial charge in [-0.25, -0.2) is 9.18 Å². The fraction of sp³-hybridized carbons (Fsp3) is 0.857. The molecule has 5 nitrogen and oxygen atoms in total. The van der Waals surface area contributed by atoms with Crippen LogP contribution in [0.1, 0.15) is 40.0 Å². The van der Waals surface area contributed by atoms with Gasteiger partial charge in [0.15, 0.2) is 0 Å². The molecule has 0 bridgehead atoms. The van der Waals surface area contributed by atoms with E-state index in [1.54, 1.807) is 13.8 Å². The van der Waals surface area contributed by atoms with E-state index in [-0.39, 0.29) is 26.2 Å². The van der Waals surface area contributed by atoms with Gasteiger partial charge in [-0.1, -0.05) is 13.3 Å². The van der Waals surface area contributed by atoms with Gasteiger partial charge in [-0.3, -0.25) is 4.79 Å². The molecule has 20 heavy (non-hydrogen) atoms. The second-order valence-corrected chi connectivity index (χ2v) is 4.35. The predicted octanol–water partition coefficient (Wildman–Crippen LogP) is 2.27. The largest absolute Gasteiger partial charge is 0.466 e. The van der Waals surface area contributed by atoms with Crippen LogP contribution in [0.2, 0.25) is 0 Å². The molecule has 0 aromatic rings. The maximum Gasteiger partial charge on any atom is 0.341 e. The molecule has 118 valence electrons. The standard InChI is InChI=1S/C14H25FO5/c1-4-7-8-18-10-11(9-12(16)19-5-2)13(15)14(17)20-6-3/h11,13H,4-10H2,1-3H3. The predicted molar refractivity (Wildman–Crippen MR) is 72.0 cm³/mol. The number of ether oxygens (including phenoxy) is 3. The Morgan fingerprint density at radius 2 is 1.75 bits per heavy atom. The lowest BCUT2D eigenvalue weighted by Crippen LogP contribution is -2.33. The molecule has 2 atom stereocenters. The summed E-state index contributed by atoms with van der Waals surface area (Å²) in [5, 5.41) is 0. The third kappa shape index (κ3) is 8.09. The van der Waals surface area contributed by atoms with Crippen molar-refractivity contribution in [2.24, 2.45) is 5.92 Å². The van der Waals surface area contributed by atoms with Crippen LogP contribution in [-0.4, -0.2) is 44.5 Å². The van der Waals surface area contributed by atoms with Crippen LogP contribution in [0.4, 0.5) is 4.39 Å². The average Bonchev–Trinajstić information content (AvgIpc) is 2.42. The number of esters is 2. The third-order valence-corrected chi connectivity index (χ3v) is 2.63. The molecule has 0 N–H and O–H groups in total. The van der Waals surface area contributed by atoms with E-state index < -0.39 is 24.0 Å². The molecule has 0 saturated carbocycles. The summed E-state index contributed by atoms with van der Waals surface area (Å²) in [6.07, 6.45) is -0.261. The fourth-order valence-corrected chi connectivity index (χ4v) is 1.58. The Morgan fingerprint density at radius 1 is 1.10 bits per heavy atom. The summed E-state index contributed by atoms with van der Waals surface area (Å²) in [6, 6.07) is 0. The topological polar surface area (TPSA) is 61.8 Å². The van der Waals surface area contributed by atoms with Crippen LogP contribution in [0.25, 0.3) is 0 Å². The van der Waals surface area contributed by atoms with Crippen LogP contribution in [0.5, 0.6) is 0 Å². The maximum atomic E-state index is 14.0. The van der Waals surface area contributed by atoms with Gasteiger partial charge in [0.1, 0.15) is 0 Å². The Balaban J connectivity index is 4.43. The molecule has 0 aromatic heterocycles. The molecule has 0 aromatic carbocycles. The molecule has 2 unspecified atom stereocenters. The molecule has 0 radical (unpaired) electrons. The normalized spacial score (nSPS) is 13.6. The minimum absolute atomic E-state index is 0.00120. The molecule has 0 fully saturated rings. The van der Waals surface area contributed by atoms with Crippen LogP contribution in [0.15, 0.2) is 0 Å². The van der Waals surface area contributed by atoms with Gasteiger partial charge in [0.2, 0.25) is 6.17 Å². The Morgan fingerprint density at radius 3 is 2.30 bits per heavy atom. The molecule has 0 aliphatic heterocycles. The quantitative estimate of drug-likeness (QED) is 0.432. The van der Waals surface area contributed by atoms with E-state index in [1.165, 1.54) is 0 Å². The van der Waals surface area contributed by atoms with Gasteiger partial charge in [0.05, 0.1) is 26.2 Å². The van der Waals surface area contributed by atoms with Crippen molar-refractivity contribution in [3.8, 4) is 0 Å². The van der Waals surface area contributed by atoms with E-state index in [0.717, 1.165) is 12.8 Å². The van der Waals surface area contributed by atoms with Crippen molar-refractivity contribution in [3.63, 3.8) is 0 Å². The second kappa shape index (κ2) is 11.6.